The third-order valence-electron chi connectivity index (χ3n) is 6.40. The van der Waals surface area contributed by atoms with Gasteiger partial charge in [0.05, 0.1) is 12.3 Å². The van der Waals surface area contributed by atoms with Crippen LogP contribution in [0.15, 0.2) is 53.2 Å². The van der Waals surface area contributed by atoms with Crippen LogP contribution in [-0.4, -0.2) is 52.3 Å². The molecule has 0 saturated carbocycles. The zero-order valence-corrected chi connectivity index (χ0v) is 17.8. The van der Waals surface area contributed by atoms with Gasteiger partial charge in [0.2, 0.25) is 17.7 Å². The molecule has 5 rings (SSSR count). The van der Waals surface area contributed by atoms with Crippen LogP contribution in [0.3, 0.4) is 0 Å². The number of nitrogens with zero attached hydrogens (tertiary/aromatic N) is 4. The number of amides is 1. The minimum absolute atomic E-state index is 0.0113. The van der Waals surface area contributed by atoms with Crippen molar-refractivity contribution in [3.63, 3.8) is 0 Å². The number of aromatic nitrogens is 3. The molecule has 3 aromatic rings. The molecular weight excluding hydrogens is 416 g/mol. The second-order valence-electron chi connectivity index (χ2n) is 8.29. The van der Waals surface area contributed by atoms with Gasteiger partial charge in [-0.3, -0.25) is 9.78 Å². The van der Waals surface area contributed by atoms with Gasteiger partial charge < -0.3 is 14.1 Å². The number of carbonyl (C=O) groups excluding carboxylic acids is 1. The van der Waals surface area contributed by atoms with Crippen LogP contribution in [0.2, 0.25) is 5.02 Å². The molecule has 0 bridgehead atoms. The molecule has 1 amide bonds. The molecule has 1 unspecified atom stereocenters. The van der Waals surface area contributed by atoms with E-state index >= 15 is 0 Å². The van der Waals surface area contributed by atoms with Crippen LogP contribution in [0.1, 0.15) is 30.2 Å². The highest BCUT2D eigenvalue weighted by Crippen LogP contribution is 2.49. The summed E-state index contributed by atoms with van der Waals surface area (Å²) in [6.07, 6.45) is 5.46. The minimum atomic E-state index is -0.107. The van der Waals surface area contributed by atoms with E-state index in [0.717, 1.165) is 24.0 Å². The highest BCUT2D eigenvalue weighted by Gasteiger charge is 2.51. The summed E-state index contributed by atoms with van der Waals surface area (Å²) in [6.45, 7) is 2.60. The van der Waals surface area contributed by atoms with Gasteiger partial charge in [-0.1, -0.05) is 23.7 Å². The quantitative estimate of drug-likeness (QED) is 0.617. The molecular formula is C23H23ClN4O3. The second kappa shape index (κ2) is 8.40. The fourth-order valence-corrected chi connectivity index (χ4v) is 4.92. The van der Waals surface area contributed by atoms with E-state index in [1.54, 1.807) is 12.4 Å². The number of hydrogen-bond donors (Lipinski definition) is 0. The zero-order valence-electron chi connectivity index (χ0n) is 17.0. The van der Waals surface area contributed by atoms with E-state index in [1.807, 2.05) is 41.3 Å². The Kier molecular flexibility index (Phi) is 5.46. The van der Waals surface area contributed by atoms with Crippen LogP contribution in [0.25, 0.3) is 11.5 Å². The van der Waals surface area contributed by atoms with E-state index in [-0.39, 0.29) is 17.2 Å². The molecule has 1 atom stereocenters. The molecule has 1 aromatic carbocycles. The normalized spacial score (nSPS) is 20.3. The van der Waals surface area contributed by atoms with Gasteiger partial charge in [0.25, 0.3) is 0 Å². The first-order chi connectivity index (χ1) is 15.1. The van der Waals surface area contributed by atoms with Crippen LogP contribution in [0.5, 0.6) is 0 Å². The van der Waals surface area contributed by atoms with E-state index in [1.165, 1.54) is 0 Å². The van der Waals surface area contributed by atoms with Gasteiger partial charge in [-0.05, 0) is 42.7 Å². The average molecular weight is 439 g/mol. The molecule has 2 aliphatic heterocycles. The number of rotatable bonds is 4. The van der Waals surface area contributed by atoms with Crippen molar-refractivity contribution < 1.29 is 13.9 Å². The number of likely N-dealkylation sites (tertiary alicyclic amines) is 1. The van der Waals surface area contributed by atoms with Gasteiger partial charge in [-0.25, -0.2) is 0 Å². The Balaban J connectivity index is 1.39. The van der Waals surface area contributed by atoms with Gasteiger partial charge in [-0.15, -0.1) is 10.2 Å². The van der Waals surface area contributed by atoms with E-state index in [4.69, 9.17) is 20.8 Å². The molecule has 4 heterocycles. The van der Waals surface area contributed by atoms with Crippen molar-refractivity contribution in [1.82, 2.24) is 20.1 Å². The van der Waals surface area contributed by atoms with Gasteiger partial charge in [-0.2, -0.15) is 0 Å². The Labute approximate surface area is 185 Å². The number of halogens is 1. The largest absolute Gasteiger partial charge is 0.420 e. The Morgan fingerprint density at radius 2 is 1.97 bits per heavy atom. The Morgan fingerprint density at radius 1 is 1.16 bits per heavy atom. The van der Waals surface area contributed by atoms with Crippen molar-refractivity contribution in [2.24, 2.45) is 5.41 Å². The molecule has 31 heavy (non-hydrogen) atoms. The molecule has 1 spiro atoms. The lowest BCUT2D eigenvalue weighted by Crippen LogP contribution is -2.37. The first-order valence-electron chi connectivity index (χ1n) is 10.5. The van der Waals surface area contributed by atoms with Crippen LogP contribution in [0, 0.1) is 5.41 Å². The second-order valence-corrected chi connectivity index (χ2v) is 8.73. The van der Waals surface area contributed by atoms with Crippen LogP contribution < -0.4 is 0 Å². The number of carbonyl (C=O) groups is 1. The summed E-state index contributed by atoms with van der Waals surface area (Å²) in [5.74, 6) is 1.14. The lowest BCUT2D eigenvalue weighted by atomic mass is 9.72. The highest BCUT2D eigenvalue weighted by molar-refractivity contribution is 6.30. The lowest BCUT2D eigenvalue weighted by Gasteiger charge is -2.36. The topological polar surface area (TPSA) is 81.4 Å². The van der Waals surface area contributed by atoms with Crippen LogP contribution in [-0.2, 0) is 16.0 Å². The maximum Gasteiger partial charge on any atom is 0.247 e. The lowest BCUT2D eigenvalue weighted by molar-refractivity contribution is -0.130. The van der Waals surface area contributed by atoms with Gasteiger partial charge in [0.1, 0.15) is 0 Å². The molecule has 8 heteroatoms. The zero-order chi connectivity index (χ0) is 21.3. The molecule has 2 fully saturated rings. The molecule has 0 radical (unpaired) electrons. The van der Waals surface area contributed by atoms with Gasteiger partial charge in [0, 0.05) is 54.7 Å². The molecule has 2 saturated heterocycles. The summed E-state index contributed by atoms with van der Waals surface area (Å²) < 4.78 is 11.7. The Morgan fingerprint density at radius 3 is 2.74 bits per heavy atom. The summed E-state index contributed by atoms with van der Waals surface area (Å²) in [5, 5.41) is 9.28. The summed E-state index contributed by atoms with van der Waals surface area (Å²) in [4.78, 5) is 19.1. The molecule has 7 nitrogen and oxygen atoms in total. The van der Waals surface area contributed by atoms with Crippen molar-refractivity contribution >= 4 is 17.5 Å². The number of benzene rings is 1. The van der Waals surface area contributed by atoms with Crippen molar-refractivity contribution in [1.29, 1.82) is 0 Å². The van der Waals surface area contributed by atoms with Gasteiger partial charge >= 0.3 is 0 Å². The SMILES string of the molecule is O=C(Cc1cccc(Cl)c1)N1CC(c2nnc(-c3ccncc3)o2)C2(CCOCC2)C1. The Hall–Kier alpha value is -2.77. The molecule has 2 aliphatic rings. The first-order valence-corrected chi connectivity index (χ1v) is 10.8. The van der Waals surface area contributed by atoms with Crippen LogP contribution in [0.4, 0.5) is 0 Å². The predicted molar refractivity (Wildman–Crippen MR) is 114 cm³/mol. The molecule has 0 N–H and O–H groups in total. The fraction of sp³-hybridized carbons (Fsp3) is 0.391. The number of hydrogen-bond acceptors (Lipinski definition) is 6. The van der Waals surface area contributed by atoms with E-state index < -0.39 is 0 Å². The predicted octanol–water partition coefficient (Wildman–Crippen LogP) is 3.75. The maximum absolute atomic E-state index is 13.1. The monoisotopic (exact) mass is 438 g/mol. The van der Waals surface area contributed by atoms with E-state index in [9.17, 15) is 4.79 Å². The van der Waals surface area contributed by atoms with Crippen molar-refractivity contribution in [2.75, 3.05) is 26.3 Å². The van der Waals surface area contributed by atoms with Crippen molar-refractivity contribution in [2.45, 2.75) is 25.2 Å². The highest BCUT2D eigenvalue weighted by atomic mass is 35.5. The van der Waals surface area contributed by atoms with Gasteiger partial charge in [0.15, 0.2) is 0 Å². The Bertz CT molecular complexity index is 1070. The summed E-state index contributed by atoms with van der Waals surface area (Å²) >= 11 is 6.09. The third-order valence-corrected chi connectivity index (χ3v) is 6.63. The molecule has 160 valence electrons. The minimum Gasteiger partial charge on any atom is -0.420 e. The maximum atomic E-state index is 13.1. The third kappa shape index (κ3) is 4.07. The summed E-state index contributed by atoms with van der Waals surface area (Å²) in [6, 6.07) is 11.1. The summed E-state index contributed by atoms with van der Waals surface area (Å²) in [7, 11) is 0. The van der Waals surface area contributed by atoms with Crippen molar-refractivity contribution in [3.8, 4) is 11.5 Å². The molecule has 0 aliphatic carbocycles. The smallest absolute Gasteiger partial charge is 0.247 e. The van der Waals surface area contributed by atoms with E-state index in [2.05, 4.69) is 15.2 Å². The van der Waals surface area contributed by atoms with Crippen molar-refractivity contribution in [3.05, 3.63) is 65.3 Å². The molecule has 2 aromatic heterocycles. The summed E-state index contributed by atoms with van der Waals surface area (Å²) in [5.41, 5.74) is 1.64. The first kappa shape index (κ1) is 20.2. The number of ether oxygens (including phenoxy) is 1. The average Bonchev–Trinajstić information content (AvgIpc) is 3.40. The standard InChI is InChI=1S/C23H23ClN4O3/c24-18-3-1-2-16(12-18)13-20(29)28-14-19(23(15-28)6-10-30-11-7-23)22-27-26-21(31-22)17-4-8-25-9-5-17/h1-5,8-9,12,19H,6-7,10-11,13-15H2. The number of pyridine rings is 1. The van der Waals surface area contributed by atoms with E-state index in [0.29, 0.717) is 49.5 Å². The van der Waals surface area contributed by atoms with Crippen LogP contribution >= 0.6 is 11.6 Å². The fourth-order valence-electron chi connectivity index (χ4n) is 4.70.